The van der Waals surface area contributed by atoms with Gasteiger partial charge < -0.3 is 20.8 Å². The van der Waals surface area contributed by atoms with E-state index in [-0.39, 0.29) is 30.6 Å². The van der Waals surface area contributed by atoms with Crippen molar-refractivity contribution in [2.45, 2.75) is 46.3 Å². The van der Waals surface area contributed by atoms with E-state index in [1.54, 1.807) is 7.05 Å². The molecule has 1 heterocycles. The van der Waals surface area contributed by atoms with Gasteiger partial charge in [-0.3, -0.25) is 4.79 Å². The van der Waals surface area contributed by atoms with Crippen LogP contribution in [0.1, 0.15) is 34.1 Å². The van der Waals surface area contributed by atoms with Crippen molar-refractivity contribution >= 4 is 5.91 Å². The van der Waals surface area contributed by atoms with Crippen molar-refractivity contribution < 1.29 is 15.0 Å². The molecule has 1 aliphatic rings. The second kappa shape index (κ2) is 11.8. The minimum atomic E-state index is -0.243. The van der Waals surface area contributed by atoms with Gasteiger partial charge in [0, 0.05) is 25.6 Å². The van der Waals surface area contributed by atoms with Crippen LogP contribution >= 0.6 is 0 Å². The van der Waals surface area contributed by atoms with Gasteiger partial charge >= 0.3 is 0 Å². The molecule has 1 rings (SSSR count). The third kappa shape index (κ3) is 10.2. The topological polar surface area (TPSA) is 81.6 Å². The highest BCUT2D eigenvalue weighted by Gasteiger charge is 2.20. The summed E-state index contributed by atoms with van der Waals surface area (Å²) in [6.07, 6.45) is 0.448. The molecule has 2 atom stereocenters. The average molecular weight is 248 g/mol. The smallest absolute Gasteiger partial charge is 0.222 e. The number of aliphatic hydroxyl groups is 2. The SMILES string of the molecule is CC.CNC(=O)C(C)C.OCC1CC(O)CN1. The lowest BCUT2D eigenvalue weighted by Gasteiger charge is -2.01. The van der Waals surface area contributed by atoms with Crippen LogP contribution in [-0.2, 0) is 4.79 Å². The highest BCUT2D eigenvalue weighted by Crippen LogP contribution is 2.03. The van der Waals surface area contributed by atoms with Gasteiger partial charge in [0.05, 0.1) is 12.7 Å². The standard InChI is InChI=1S/C5H11NO2.C5H11NO.C2H6/c7-3-4-1-5(8)2-6-4;1-4(2)5(7)6-3;1-2/h4-8H,1-3H2;4H,1-3H3,(H,6,7);1-2H3. The van der Waals surface area contributed by atoms with Gasteiger partial charge in [-0.05, 0) is 6.42 Å². The van der Waals surface area contributed by atoms with E-state index >= 15 is 0 Å². The molecule has 1 saturated heterocycles. The van der Waals surface area contributed by atoms with Crippen molar-refractivity contribution in [1.82, 2.24) is 10.6 Å². The van der Waals surface area contributed by atoms with Crippen molar-refractivity contribution in [1.29, 1.82) is 0 Å². The predicted molar refractivity (Wildman–Crippen MR) is 69.8 cm³/mol. The first-order valence-electron chi connectivity index (χ1n) is 6.25. The van der Waals surface area contributed by atoms with E-state index in [1.165, 1.54) is 0 Å². The fraction of sp³-hybridized carbons (Fsp3) is 0.917. The molecule has 2 unspecified atom stereocenters. The minimum absolute atomic E-state index is 0.0972. The lowest BCUT2D eigenvalue weighted by atomic mass is 10.2. The van der Waals surface area contributed by atoms with Gasteiger partial charge in [-0.1, -0.05) is 27.7 Å². The van der Waals surface area contributed by atoms with E-state index in [2.05, 4.69) is 10.6 Å². The Morgan fingerprint density at radius 3 is 2.12 bits per heavy atom. The summed E-state index contributed by atoms with van der Waals surface area (Å²) in [6.45, 7) is 8.49. The zero-order chi connectivity index (χ0) is 13.8. The van der Waals surface area contributed by atoms with Crippen LogP contribution in [0.25, 0.3) is 0 Å². The molecule has 0 radical (unpaired) electrons. The van der Waals surface area contributed by atoms with Crippen molar-refractivity contribution in [2.75, 3.05) is 20.2 Å². The molecule has 5 heteroatoms. The molecular weight excluding hydrogens is 220 g/mol. The molecule has 0 bridgehead atoms. The largest absolute Gasteiger partial charge is 0.395 e. The molecule has 0 aromatic rings. The third-order valence-electron chi connectivity index (χ3n) is 2.19. The van der Waals surface area contributed by atoms with E-state index < -0.39 is 0 Å². The summed E-state index contributed by atoms with van der Waals surface area (Å²) < 4.78 is 0. The van der Waals surface area contributed by atoms with Crippen LogP contribution in [0.4, 0.5) is 0 Å². The van der Waals surface area contributed by atoms with Crippen LogP contribution in [0, 0.1) is 5.92 Å². The Morgan fingerprint density at radius 2 is 2.00 bits per heavy atom. The van der Waals surface area contributed by atoms with E-state index in [0.717, 1.165) is 0 Å². The van der Waals surface area contributed by atoms with Crippen molar-refractivity contribution in [3.63, 3.8) is 0 Å². The number of hydrogen-bond donors (Lipinski definition) is 4. The number of aliphatic hydroxyl groups excluding tert-OH is 2. The molecule has 4 N–H and O–H groups in total. The van der Waals surface area contributed by atoms with E-state index in [9.17, 15) is 4.79 Å². The van der Waals surface area contributed by atoms with Crippen LogP contribution in [0.2, 0.25) is 0 Å². The third-order valence-corrected chi connectivity index (χ3v) is 2.19. The molecule has 1 aliphatic heterocycles. The number of carbonyl (C=O) groups is 1. The molecule has 0 aliphatic carbocycles. The number of rotatable bonds is 2. The second-order valence-corrected chi connectivity index (χ2v) is 3.95. The summed E-state index contributed by atoms with van der Waals surface area (Å²) in [5, 5.41) is 22.8. The summed E-state index contributed by atoms with van der Waals surface area (Å²) in [5.41, 5.74) is 0. The van der Waals surface area contributed by atoms with Gasteiger partial charge in [0.2, 0.25) is 5.91 Å². The van der Waals surface area contributed by atoms with Gasteiger partial charge in [0.25, 0.3) is 0 Å². The normalized spacial score (nSPS) is 22.1. The zero-order valence-electron chi connectivity index (χ0n) is 11.7. The van der Waals surface area contributed by atoms with Crippen LogP contribution < -0.4 is 10.6 Å². The van der Waals surface area contributed by atoms with E-state index in [4.69, 9.17) is 10.2 Å². The zero-order valence-corrected chi connectivity index (χ0v) is 11.7. The van der Waals surface area contributed by atoms with E-state index in [1.807, 2.05) is 27.7 Å². The highest BCUT2D eigenvalue weighted by atomic mass is 16.3. The first-order valence-corrected chi connectivity index (χ1v) is 6.25. The Labute approximate surface area is 105 Å². The molecule has 0 aromatic carbocycles. The Kier molecular flexibility index (Phi) is 13.0. The number of nitrogens with one attached hydrogen (secondary N) is 2. The van der Waals surface area contributed by atoms with Crippen LogP contribution in [0.3, 0.4) is 0 Å². The van der Waals surface area contributed by atoms with Crippen molar-refractivity contribution in [2.24, 2.45) is 5.92 Å². The summed E-state index contributed by atoms with van der Waals surface area (Å²) in [6, 6.07) is 0.130. The quantitative estimate of drug-likeness (QED) is 0.559. The van der Waals surface area contributed by atoms with Gasteiger partial charge in [-0.15, -0.1) is 0 Å². The lowest BCUT2D eigenvalue weighted by Crippen LogP contribution is -2.24. The molecular formula is C12H28N2O3. The number of amides is 1. The molecule has 104 valence electrons. The summed E-state index contributed by atoms with van der Waals surface area (Å²) >= 11 is 0. The first kappa shape index (κ1) is 18.7. The fourth-order valence-electron chi connectivity index (χ4n) is 1.23. The predicted octanol–water partition coefficient (Wildman–Crippen LogP) is 0.116. The average Bonchev–Trinajstić information content (AvgIpc) is 2.77. The minimum Gasteiger partial charge on any atom is -0.395 e. The maximum atomic E-state index is 10.4. The molecule has 0 saturated carbocycles. The lowest BCUT2D eigenvalue weighted by molar-refractivity contribution is -0.123. The Hall–Kier alpha value is -0.650. The fourth-order valence-corrected chi connectivity index (χ4v) is 1.23. The molecule has 0 spiro atoms. The van der Waals surface area contributed by atoms with Gasteiger partial charge in [-0.2, -0.15) is 0 Å². The molecule has 0 aromatic heterocycles. The summed E-state index contributed by atoms with van der Waals surface area (Å²) in [7, 11) is 1.64. The van der Waals surface area contributed by atoms with Gasteiger partial charge in [-0.25, -0.2) is 0 Å². The Bertz CT molecular complexity index is 187. The first-order chi connectivity index (χ1) is 8.01. The number of hydrogen-bond acceptors (Lipinski definition) is 4. The number of carbonyl (C=O) groups excluding carboxylic acids is 1. The van der Waals surface area contributed by atoms with Gasteiger partial charge in [0.15, 0.2) is 0 Å². The Morgan fingerprint density at radius 1 is 1.47 bits per heavy atom. The highest BCUT2D eigenvalue weighted by molar-refractivity contribution is 5.77. The molecule has 1 fully saturated rings. The van der Waals surface area contributed by atoms with E-state index in [0.29, 0.717) is 13.0 Å². The second-order valence-electron chi connectivity index (χ2n) is 3.95. The van der Waals surface area contributed by atoms with Gasteiger partial charge in [0.1, 0.15) is 0 Å². The maximum absolute atomic E-state index is 10.4. The monoisotopic (exact) mass is 248 g/mol. The summed E-state index contributed by atoms with van der Waals surface area (Å²) in [5.74, 6) is 0.213. The molecule has 17 heavy (non-hydrogen) atoms. The maximum Gasteiger partial charge on any atom is 0.222 e. The van der Waals surface area contributed by atoms with Crippen molar-refractivity contribution in [3.05, 3.63) is 0 Å². The summed E-state index contributed by atoms with van der Waals surface area (Å²) in [4.78, 5) is 10.4. The molecule has 5 nitrogen and oxygen atoms in total. The van der Waals surface area contributed by atoms with Crippen LogP contribution in [0.5, 0.6) is 0 Å². The van der Waals surface area contributed by atoms with Crippen LogP contribution in [0.15, 0.2) is 0 Å². The number of β-amino-alcohol motifs (C(OH)–C–C–N with tert-alkyl or cyclic N) is 1. The molecule has 1 amide bonds. The Balaban J connectivity index is 0. The van der Waals surface area contributed by atoms with Crippen molar-refractivity contribution in [3.8, 4) is 0 Å². The van der Waals surface area contributed by atoms with Crippen LogP contribution in [-0.4, -0.2) is 48.5 Å².